The van der Waals surface area contributed by atoms with Gasteiger partial charge in [-0.05, 0) is 48.7 Å². The number of halogens is 3. The average molecular weight is 383 g/mol. The monoisotopic (exact) mass is 383 g/mol. The van der Waals surface area contributed by atoms with Gasteiger partial charge in [0.2, 0.25) is 0 Å². The van der Waals surface area contributed by atoms with Crippen molar-refractivity contribution in [3.05, 3.63) is 58.1 Å². The first-order valence-electron chi connectivity index (χ1n) is 8.05. The molecule has 0 saturated carbocycles. The van der Waals surface area contributed by atoms with Gasteiger partial charge in [-0.2, -0.15) is 13.2 Å². The minimum absolute atomic E-state index is 0.276. The number of hydrogen-bond donors (Lipinski definition) is 2. The first-order chi connectivity index (χ1) is 12.7. The van der Waals surface area contributed by atoms with Crippen molar-refractivity contribution in [3.8, 4) is 5.75 Å². The van der Waals surface area contributed by atoms with E-state index in [4.69, 9.17) is 4.74 Å². The lowest BCUT2D eigenvalue weighted by molar-refractivity contribution is -0.139. The molecule has 0 bridgehead atoms. The molecule has 2 aromatic rings. The maximum atomic E-state index is 13.3. The number of aliphatic hydroxyl groups is 1. The van der Waals surface area contributed by atoms with Gasteiger partial charge in [-0.3, -0.25) is 5.32 Å². The summed E-state index contributed by atoms with van der Waals surface area (Å²) in [5.74, 6) is -0.317. The Labute approximate surface area is 154 Å². The van der Waals surface area contributed by atoms with Gasteiger partial charge < -0.3 is 14.6 Å². The van der Waals surface area contributed by atoms with Crippen LogP contribution in [0.25, 0.3) is 0 Å². The van der Waals surface area contributed by atoms with Crippen LogP contribution in [-0.2, 0) is 24.1 Å². The zero-order valence-electron chi connectivity index (χ0n) is 15.1. The molecule has 0 aliphatic heterocycles. The van der Waals surface area contributed by atoms with Gasteiger partial charge >= 0.3 is 12.3 Å². The predicted octanol–water partition coefficient (Wildman–Crippen LogP) is 4.57. The van der Waals surface area contributed by atoms with Crippen molar-refractivity contribution in [2.24, 2.45) is 0 Å². The number of ether oxygens (including phenoxy) is 2. The van der Waals surface area contributed by atoms with Gasteiger partial charge in [-0.1, -0.05) is 12.1 Å². The molecule has 2 rings (SSSR count). The van der Waals surface area contributed by atoms with Crippen LogP contribution in [0, 0.1) is 13.8 Å². The normalized spacial score (nSPS) is 11.2. The number of carbonyl (C=O) groups is 1. The Morgan fingerprint density at radius 1 is 1.19 bits per heavy atom. The van der Waals surface area contributed by atoms with Crippen molar-refractivity contribution in [3.63, 3.8) is 0 Å². The summed E-state index contributed by atoms with van der Waals surface area (Å²) >= 11 is 0. The fourth-order valence-corrected chi connectivity index (χ4v) is 2.51. The summed E-state index contributed by atoms with van der Waals surface area (Å²) in [4.78, 5) is 11.5. The molecule has 0 atom stereocenters. The molecule has 8 heteroatoms. The van der Waals surface area contributed by atoms with Crippen molar-refractivity contribution >= 4 is 11.8 Å². The third kappa shape index (κ3) is 4.91. The van der Waals surface area contributed by atoms with Crippen molar-refractivity contribution in [2.45, 2.75) is 33.2 Å². The van der Waals surface area contributed by atoms with Crippen LogP contribution in [0.3, 0.4) is 0 Å². The van der Waals surface area contributed by atoms with Crippen molar-refractivity contribution < 1.29 is 32.5 Å². The number of benzene rings is 2. The Hall–Kier alpha value is -2.74. The van der Waals surface area contributed by atoms with Gasteiger partial charge in [-0.15, -0.1) is 0 Å². The van der Waals surface area contributed by atoms with Crippen LogP contribution in [-0.4, -0.2) is 18.3 Å². The number of hydrogen-bond acceptors (Lipinski definition) is 4. The first-order valence-corrected chi connectivity index (χ1v) is 8.05. The molecule has 0 spiro atoms. The Balaban J connectivity index is 2.39. The van der Waals surface area contributed by atoms with E-state index in [9.17, 15) is 23.1 Å². The largest absolute Gasteiger partial charge is 0.488 e. The van der Waals surface area contributed by atoms with Crippen LogP contribution in [0.1, 0.15) is 27.8 Å². The molecule has 0 saturated heterocycles. The highest BCUT2D eigenvalue weighted by Gasteiger charge is 2.35. The van der Waals surface area contributed by atoms with Crippen molar-refractivity contribution in [2.75, 3.05) is 12.4 Å². The highest BCUT2D eigenvalue weighted by atomic mass is 19.4. The lowest BCUT2D eigenvalue weighted by atomic mass is 10.0. The first kappa shape index (κ1) is 20.6. The molecular weight excluding hydrogens is 363 g/mol. The van der Waals surface area contributed by atoms with Crippen LogP contribution in [0.5, 0.6) is 5.75 Å². The number of rotatable bonds is 5. The van der Waals surface area contributed by atoms with E-state index in [-0.39, 0.29) is 24.7 Å². The molecule has 0 radical (unpaired) electrons. The van der Waals surface area contributed by atoms with E-state index in [0.29, 0.717) is 22.3 Å². The molecular formula is C19H20F3NO4. The SMILES string of the molecule is COC(=O)Nc1cccc(CO)c1COc1cc(C)c(C)cc1C(F)(F)F. The van der Waals surface area contributed by atoms with Crippen LogP contribution in [0.15, 0.2) is 30.3 Å². The number of amides is 1. The molecule has 0 aromatic heterocycles. The summed E-state index contributed by atoms with van der Waals surface area (Å²) < 4.78 is 50.0. The zero-order chi connectivity index (χ0) is 20.2. The highest BCUT2D eigenvalue weighted by molar-refractivity contribution is 5.85. The average Bonchev–Trinajstić information content (AvgIpc) is 2.61. The van der Waals surface area contributed by atoms with Crippen LogP contribution >= 0.6 is 0 Å². The van der Waals surface area contributed by atoms with E-state index < -0.39 is 17.8 Å². The van der Waals surface area contributed by atoms with E-state index in [0.717, 1.165) is 6.07 Å². The van der Waals surface area contributed by atoms with Gasteiger partial charge in [-0.25, -0.2) is 4.79 Å². The van der Waals surface area contributed by atoms with Gasteiger partial charge in [0.25, 0.3) is 0 Å². The molecule has 0 aliphatic rings. The molecule has 5 nitrogen and oxygen atoms in total. The molecule has 1 amide bonds. The second-order valence-corrected chi connectivity index (χ2v) is 5.94. The lowest BCUT2D eigenvalue weighted by Crippen LogP contribution is -2.15. The van der Waals surface area contributed by atoms with E-state index in [2.05, 4.69) is 10.1 Å². The molecule has 2 N–H and O–H groups in total. The lowest BCUT2D eigenvalue weighted by Gasteiger charge is -2.19. The minimum Gasteiger partial charge on any atom is -0.488 e. The third-order valence-electron chi connectivity index (χ3n) is 4.14. The summed E-state index contributed by atoms with van der Waals surface area (Å²) in [6, 6.07) is 7.09. The standard InChI is InChI=1S/C19H20F3NO4/c1-11-7-15(19(20,21)22)17(8-12(11)2)27-10-14-13(9-24)5-4-6-16(14)23-18(25)26-3/h4-8,24H,9-10H2,1-3H3,(H,23,25). The van der Waals surface area contributed by atoms with Gasteiger partial charge in [0.1, 0.15) is 12.4 Å². The molecule has 0 aliphatic carbocycles. The number of nitrogens with one attached hydrogen (secondary N) is 1. The molecule has 0 fully saturated rings. The Morgan fingerprint density at radius 2 is 1.85 bits per heavy atom. The molecule has 146 valence electrons. The fourth-order valence-electron chi connectivity index (χ4n) is 2.51. The maximum Gasteiger partial charge on any atom is 0.419 e. The van der Waals surface area contributed by atoms with E-state index >= 15 is 0 Å². The van der Waals surface area contributed by atoms with Crippen LogP contribution < -0.4 is 10.1 Å². The predicted molar refractivity (Wildman–Crippen MR) is 93.6 cm³/mol. The smallest absolute Gasteiger partial charge is 0.419 e. The van der Waals surface area contributed by atoms with Gasteiger partial charge in [0.05, 0.1) is 25.0 Å². The second kappa shape index (κ2) is 8.30. The van der Waals surface area contributed by atoms with Crippen molar-refractivity contribution in [1.29, 1.82) is 0 Å². The summed E-state index contributed by atoms with van der Waals surface area (Å²) in [6.07, 6.45) is -5.31. The number of methoxy groups -OCH3 is 1. The molecule has 0 unspecified atom stereocenters. The topological polar surface area (TPSA) is 67.8 Å². The number of carbonyl (C=O) groups excluding carboxylic acids is 1. The molecule has 27 heavy (non-hydrogen) atoms. The van der Waals surface area contributed by atoms with Gasteiger partial charge in [0.15, 0.2) is 0 Å². The fraction of sp³-hybridized carbons (Fsp3) is 0.316. The minimum atomic E-state index is -4.57. The Bertz CT molecular complexity index is 834. The Kier molecular flexibility index (Phi) is 6.32. The van der Waals surface area contributed by atoms with E-state index in [1.165, 1.54) is 13.2 Å². The second-order valence-electron chi connectivity index (χ2n) is 5.94. The van der Waals surface area contributed by atoms with Gasteiger partial charge in [0, 0.05) is 5.56 Å². The van der Waals surface area contributed by atoms with E-state index in [1.807, 2.05) is 0 Å². The molecule has 0 heterocycles. The van der Waals surface area contributed by atoms with Crippen LogP contribution in [0.4, 0.5) is 23.7 Å². The summed E-state index contributed by atoms with van der Waals surface area (Å²) in [5, 5.41) is 12.0. The Morgan fingerprint density at radius 3 is 2.44 bits per heavy atom. The highest BCUT2D eigenvalue weighted by Crippen LogP contribution is 2.38. The number of aryl methyl sites for hydroxylation is 2. The number of anilines is 1. The summed E-state index contributed by atoms with van der Waals surface area (Å²) in [7, 11) is 1.19. The third-order valence-corrected chi connectivity index (χ3v) is 4.14. The zero-order valence-corrected chi connectivity index (χ0v) is 15.1. The quantitative estimate of drug-likeness (QED) is 0.794. The summed E-state index contributed by atoms with van der Waals surface area (Å²) in [6.45, 7) is 2.64. The number of alkyl halides is 3. The van der Waals surface area contributed by atoms with Crippen LogP contribution in [0.2, 0.25) is 0 Å². The summed E-state index contributed by atoms with van der Waals surface area (Å²) in [5.41, 5.74) is 1.33. The van der Waals surface area contributed by atoms with Crippen molar-refractivity contribution in [1.82, 2.24) is 0 Å². The number of aliphatic hydroxyl groups excluding tert-OH is 1. The maximum absolute atomic E-state index is 13.3. The molecule has 2 aromatic carbocycles. The van der Waals surface area contributed by atoms with E-state index in [1.54, 1.807) is 32.0 Å².